The maximum Gasteiger partial charge on any atom is 0.196 e. The fourth-order valence-corrected chi connectivity index (χ4v) is 2.23. The lowest BCUT2D eigenvalue weighted by molar-refractivity contribution is 0.288. The summed E-state index contributed by atoms with van der Waals surface area (Å²) in [5.41, 5.74) is 8.13. The van der Waals surface area contributed by atoms with Gasteiger partial charge in [-0.1, -0.05) is 36.4 Å². The molecular formula is C16H17N3O. The topological polar surface area (TPSA) is 50.8 Å². The Morgan fingerprint density at radius 1 is 1.05 bits per heavy atom. The summed E-state index contributed by atoms with van der Waals surface area (Å²) in [6.45, 7) is 2.07. The van der Waals surface area contributed by atoms with E-state index in [1.165, 1.54) is 0 Å². The summed E-state index contributed by atoms with van der Waals surface area (Å²) >= 11 is 0. The van der Waals surface area contributed by atoms with Crippen molar-refractivity contribution >= 4 is 11.6 Å². The van der Waals surface area contributed by atoms with Crippen molar-refractivity contribution in [3.63, 3.8) is 0 Å². The van der Waals surface area contributed by atoms with Gasteiger partial charge in [-0.3, -0.25) is 0 Å². The average molecular weight is 267 g/mol. The molecule has 0 fully saturated rings. The predicted octanol–water partition coefficient (Wildman–Crippen LogP) is 2.53. The highest BCUT2D eigenvalue weighted by Crippen LogP contribution is 2.22. The van der Waals surface area contributed by atoms with Crippen molar-refractivity contribution < 1.29 is 4.74 Å². The van der Waals surface area contributed by atoms with Crippen molar-refractivity contribution in [3.05, 3.63) is 60.2 Å². The number of nitrogens with zero attached hydrogens (tertiary/aromatic N) is 2. The minimum Gasteiger partial charge on any atom is -0.491 e. The number of hydrogen-bond donors (Lipinski definition) is 1. The summed E-state index contributed by atoms with van der Waals surface area (Å²) in [5, 5.41) is 0. The van der Waals surface area contributed by atoms with E-state index in [1.54, 1.807) is 0 Å². The number of ether oxygens (including phenoxy) is 1. The number of rotatable bonds is 1. The lowest BCUT2D eigenvalue weighted by atomic mass is 10.2. The lowest BCUT2D eigenvalue weighted by Crippen LogP contribution is -2.38. The third-order valence-corrected chi connectivity index (χ3v) is 3.28. The Bertz CT molecular complexity index is 610. The van der Waals surface area contributed by atoms with Gasteiger partial charge in [-0.05, 0) is 18.2 Å². The number of hydrogen-bond acceptors (Lipinski definition) is 2. The molecule has 0 aliphatic carbocycles. The van der Waals surface area contributed by atoms with Crippen molar-refractivity contribution in [1.82, 2.24) is 4.90 Å². The van der Waals surface area contributed by atoms with Crippen molar-refractivity contribution in [2.75, 3.05) is 13.2 Å². The Morgan fingerprint density at radius 3 is 2.65 bits per heavy atom. The fourth-order valence-electron chi connectivity index (χ4n) is 2.23. The van der Waals surface area contributed by atoms with E-state index in [0.29, 0.717) is 12.6 Å². The molecule has 0 bridgehead atoms. The van der Waals surface area contributed by atoms with Crippen molar-refractivity contribution in [2.24, 2.45) is 10.7 Å². The number of para-hydroxylation sites is 2. The van der Waals surface area contributed by atoms with Crippen LogP contribution in [0.2, 0.25) is 0 Å². The molecule has 1 heterocycles. The maximum atomic E-state index is 6.13. The second-order valence-electron chi connectivity index (χ2n) is 4.68. The van der Waals surface area contributed by atoms with E-state index >= 15 is 0 Å². The molecule has 0 saturated heterocycles. The highest BCUT2D eigenvalue weighted by Gasteiger charge is 2.16. The van der Waals surface area contributed by atoms with Gasteiger partial charge in [0.25, 0.3) is 0 Å². The molecule has 0 saturated carbocycles. The highest BCUT2D eigenvalue weighted by molar-refractivity contribution is 5.81. The van der Waals surface area contributed by atoms with E-state index in [4.69, 9.17) is 10.5 Å². The van der Waals surface area contributed by atoms with Crippen LogP contribution in [-0.4, -0.2) is 24.0 Å². The van der Waals surface area contributed by atoms with E-state index in [1.807, 2.05) is 53.4 Å². The molecule has 0 radical (unpaired) electrons. The SMILES string of the molecule is NC(=Nc1ccccc1)N1CCOc2ccccc2C1. The molecule has 0 atom stereocenters. The largest absolute Gasteiger partial charge is 0.491 e. The molecule has 0 aromatic heterocycles. The van der Waals surface area contributed by atoms with Crippen LogP contribution in [-0.2, 0) is 6.54 Å². The number of benzene rings is 2. The fraction of sp³-hybridized carbons (Fsp3) is 0.188. The molecule has 0 unspecified atom stereocenters. The first-order valence-electron chi connectivity index (χ1n) is 6.68. The van der Waals surface area contributed by atoms with Crippen molar-refractivity contribution in [2.45, 2.75) is 6.54 Å². The van der Waals surface area contributed by atoms with Crippen LogP contribution in [0.3, 0.4) is 0 Å². The monoisotopic (exact) mass is 267 g/mol. The van der Waals surface area contributed by atoms with E-state index in [-0.39, 0.29) is 0 Å². The van der Waals surface area contributed by atoms with Crippen LogP contribution in [0.15, 0.2) is 59.6 Å². The summed E-state index contributed by atoms with van der Waals surface area (Å²) in [5.74, 6) is 1.46. The highest BCUT2D eigenvalue weighted by atomic mass is 16.5. The number of guanidine groups is 1. The predicted molar refractivity (Wildman–Crippen MR) is 80.1 cm³/mol. The molecule has 3 rings (SSSR count). The van der Waals surface area contributed by atoms with E-state index in [0.717, 1.165) is 30.1 Å². The third-order valence-electron chi connectivity index (χ3n) is 3.28. The Labute approximate surface area is 118 Å². The van der Waals surface area contributed by atoms with E-state index < -0.39 is 0 Å². The van der Waals surface area contributed by atoms with Gasteiger partial charge in [0.05, 0.1) is 12.2 Å². The van der Waals surface area contributed by atoms with Gasteiger partial charge in [0, 0.05) is 12.1 Å². The molecule has 2 aromatic carbocycles. The molecule has 20 heavy (non-hydrogen) atoms. The van der Waals surface area contributed by atoms with Crippen LogP contribution in [0.5, 0.6) is 5.75 Å². The normalized spacial score (nSPS) is 15.2. The molecule has 2 N–H and O–H groups in total. The van der Waals surface area contributed by atoms with Gasteiger partial charge in [-0.25, -0.2) is 4.99 Å². The molecule has 1 aliphatic heterocycles. The van der Waals surface area contributed by atoms with Crippen LogP contribution in [0.1, 0.15) is 5.56 Å². The Balaban J connectivity index is 1.82. The standard InChI is InChI=1S/C16H17N3O/c17-16(18-14-7-2-1-3-8-14)19-10-11-20-15-9-5-4-6-13(15)12-19/h1-9H,10-12H2,(H2,17,18). The van der Waals surface area contributed by atoms with E-state index in [9.17, 15) is 0 Å². The van der Waals surface area contributed by atoms with Crippen LogP contribution in [0.4, 0.5) is 5.69 Å². The second kappa shape index (κ2) is 5.65. The first kappa shape index (κ1) is 12.5. The summed E-state index contributed by atoms with van der Waals surface area (Å²) in [6, 6.07) is 17.8. The summed E-state index contributed by atoms with van der Waals surface area (Å²) in [6.07, 6.45) is 0. The molecule has 0 spiro atoms. The van der Waals surface area contributed by atoms with Crippen molar-refractivity contribution in [3.8, 4) is 5.75 Å². The van der Waals surface area contributed by atoms with Crippen molar-refractivity contribution in [1.29, 1.82) is 0 Å². The Hall–Kier alpha value is -2.49. The number of fused-ring (bicyclic) bond motifs is 1. The first-order chi connectivity index (χ1) is 9.83. The quantitative estimate of drug-likeness (QED) is 0.638. The van der Waals surface area contributed by atoms with Gasteiger partial charge in [0.2, 0.25) is 0 Å². The zero-order chi connectivity index (χ0) is 13.8. The Kier molecular flexibility index (Phi) is 3.54. The molecule has 2 aromatic rings. The summed E-state index contributed by atoms with van der Waals surface area (Å²) in [4.78, 5) is 6.50. The molecule has 1 aliphatic rings. The van der Waals surface area contributed by atoms with Gasteiger partial charge in [-0.15, -0.1) is 0 Å². The van der Waals surface area contributed by atoms with Gasteiger partial charge < -0.3 is 15.4 Å². The molecule has 4 heteroatoms. The van der Waals surface area contributed by atoms with E-state index in [2.05, 4.69) is 11.1 Å². The van der Waals surface area contributed by atoms with Crippen LogP contribution in [0, 0.1) is 0 Å². The minimum absolute atomic E-state index is 0.525. The maximum absolute atomic E-state index is 6.13. The smallest absolute Gasteiger partial charge is 0.196 e. The zero-order valence-electron chi connectivity index (χ0n) is 11.2. The second-order valence-corrected chi connectivity index (χ2v) is 4.68. The van der Waals surface area contributed by atoms with Crippen LogP contribution >= 0.6 is 0 Å². The molecule has 4 nitrogen and oxygen atoms in total. The number of aliphatic imine (C=N–C) groups is 1. The van der Waals surface area contributed by atoms with Gasteiger partial charge >= 0.3 is 0 Å². The average Bonchev–Trinajstić information content (AvgIpc) is 2.70. The summed E-state index contributed by atoms with van der Waals surface area (Å²) in [7, 11) is 0. The minimum atomic E-state index is 0.525. The van der Waals surface area contributed by atoms with Crippen LogP contribution < -0.4 is 10.5 Å². The lowest BCUT2D eigenvalue weighted by Gasteiger charge is -2.20. The third kappa shape index (κ3) is 2.74. The molecular weight excluding hydrogens is 250 g/mol. The van der Waals surface area contributed by atoms with Crippen LogP contribution in [0.25, 0.3) is 0 Å². The molecule has 102 valence electrons. The van der Waals surface area contributed by atoms with Gasteiger partial charge in [0.15, 0.2) is 5.96 Å². The first-order valence-corrected chi connectivity index (χ1v) is 6.68. The molecule has 0 amide bonds. The van der Waals surface area contributed by atoms with Gasteiger partial charge in [0.1, 0.15) is 12.4 Å². The number of nitrogens with two attached hydrogens (primary N) is 1. The Morgan fingerprint density at radius 2 is 1.80 bits per heavy atom. The summed E-state index contributed by atoms with van der Waals surface area (Å²) < 4.78 is 5.73. The van der Waals surface area contributed by atoms with Gasteiger partial charge in [-0.2, -0.15) is 0 Å². The zero-order valence-corrected chi connectivity index (χ0v) is 11.2.